The van der Waals surface area contributed by atoms with Gasteiger partial charge in [0.1, 0.15) is 11.5 Å². The minimum atomic E-state index is 0.0750. The first-order valence-electron chi connectivity index (χ1n) is 9.17. The van der Waals surface area contributed by atoms with Crippen molar-refractivity contribution < 1.29 is 9.21 Å². The molecule has 0 bridgehead atoms. The van der Waals surface area contributed by atoms with Gasteiger partial charge in [0.05, 0.1) is 0 Å². The Balaban J connectivity index is 1.39. The molecule has 0 spiro atoms. The van der Waals surface area contributed by atoms with Crippen molar-refractivity contribution in [3.8, 4) is 0 Å². The molecule has 1 saturated carbocycles. The normalized spacial score (nSPS) is 20.1. The molecular weight excluding hydrogens is 312 g/mol. The fourth-order valence-electron chi connectivity index (χ4n) is 3.09. The molecule has 0 saturated heterocycles. The van der Waals surface area contributed by atoms with E-state index < -0.39 is 0 Å². The van der Waals surface area contributed by atoms with E-state index in [-0.39, 0.29) is 11.9 Å². The third-order valence-corrected chi connectivity index (χ3v) is 5.18. The number of aryl methyl sites for hydroxylation is 1. The molecule has 1 heterocycles. The van der Waals surface area contributed by atoms with Gasteiger partial charge in [-0.05, 0) is 43.5 Å². The van der Waals surface area contributed by atoms with Crippen LogP contribution in [0.15, 0.2) is 46.9 Å². The Morgan fingerprint density at radius 1 is 1.28 bits per heavy atom. The molecule has 0 aliphatic heterocycles. The molecule has 0 unspecified atom stereocenters. The summed E-state index contributed by atoms with van der Waals surface area (Å²) in [4.78, 5) is 14.3. The minimum absolute atomic E-state index is 0.0750. The molecule has 3 rings (SSSR count). The number of nitrogens with zero attached hydrogens (tertiary/aromatic N) is 1. The number of amides is 1. The van der Waals surface area contributed by atoms with Crippen LogP contribution in [0.4, 0.5) is 5.69 Å². The van der Waals surface area contributed by atoms with Gasteiger partial charge in [-0.15, -0.1) is 0 Å². The van der Waals surface area contributed by atoms with Crippen LogP contribution in [0.5, 0.6) is 0 Å². The summed E-state index contributed by atoms with van der Waals surface area (Å²) < 4.78 is 5.86. The molecule has 1 fully saturated rings. The number of furan rings is 1. The minimum Gasteiger partial charge on any atom is -0.466 e. The lowest BCUT2D eigenvalue weighted by Gasteiger charge is -2.27. The quantitative estimate of drug-likeness (QED) is 0.791. The summed E-state index contributed by atoms with van der Waals surface area (Å²) in [5, 5.41) is 3.03. The molecule has 1 aromatic carbocycles. The summed E-state index contributed by atoms with van der Waals surface area (Å²) in [5.74, 6) is 3.41. The third kappa shape index (κ3) is 4.65. The van der Waals surface area contributed by atoms with E-state index in [0.717, 1.165) is 23.1 Å². The Labute approximate surface area is 150 Å². The number of nitrogens with one attached hydrogen (secondary N) is 1. The maximum Gasteiger partial charge on any atom is 0.220 e. The predicted molar refractivity (Wildman–Crippen MR) is 101 cm³/mol. The van der Waals surface area contributed by atoms with Crippen molar-refractivity contribution in [3.05, 3.63) is 54.0 Å². The van der Waals surface area contributed by atoms with Gasteiger partial charge in [-0.3, -0.25) is 4.79 Å². The second kappa shape index (κ2) is 7.77. The summed E-state index contributed by atoms with van der Waals surface area (Å²) in [7, 11) is 2.05. The molecule has 1 aliphatic carbocycles. The van der Waals surface area contributed by atoms with Gasteiger partial charge in [-0.25, -0.2) is 0 Å². The molecule has 4 nitrogen and oxygen atoms in total. The molecule has 1 N–H and O–H groups in total. The highest BCUT2D eigenvalue weighted by Gasteiger charge is 2.36. The van der Waals surface area contributed by atoms with Gasteiger partial charge in [0.2, 0.25) is 5.91 Å². The van der Waals surface area contributed by atoms with Crippen molar-refractivity contribution in [1.29, 1.82) is 0 Å². The maximum absolute atomic E-state index is 12.1. The van der Waals surface area contributed by atoms with E-state index in [9.17, 15) is 4.79 Å². The number of carbonyl (C=O) groups excluding carboxylic acids is 1. The monoisotopic (exact) mass is 340 g/mol. The molecule has 1 amide bonds. The van der Waals surface area contributed by atoms with Crippen LogP contribution in [0.25, 0.3) is 0 Å². The number of benzene rings is 1. The lowest BCUT2D eigenvalue weighted by atomic mass is 10.2. The van der Waals surface area contributed by atoms with E-state index in [2.05, 4.69) is 49.3 Å². The molecular formula is C21H28N2O2. The summed E-state index contributed by atoms with van der Waals surface area (Å²) >= 11 is 0. The van der Waals surface area contributed by atoms with Gasteiger partial charge in [-0.1, -0.05) is 25.1 Å². The second-order valence-electron chi connectivity index (χ2n) is 7.22. The number of likely N-dealkylation sites (N-methyl/N-ethyl adjacent to an activating group) is 1. The van der Waals surface area contributed by atoms with Crippen molar-refractivity contribution in [2.24, 2.45) is 5.92 Å². The highest BCUT2D eigenvalue weighted by atomic mass is 16.3. The van der Waals surface area contributed by atoms with Crippen molar-refractivity contribution in [2.75, 3.05) is 18.5 Å². The number of hydrogen-bond donors (Lipinski definition) is 1. The molecule has 3 atom stereocenters. The zero-order chi connectivity index (χ0) is 17.8. The Bertz CT molecular complexity index is 695. The largest absolute Gasteiger partial charge is 0.466 e. The first kappa shape index (κ1) is 17.6. The number of carbonyl (C=O) groups is 1. The van der Waals surface area contributed by atoms with Gasteiger partial charge in [0.25, 0.3) is 0 Å². The first-order chi connectivity index (χ1) is 12.0. The van der Waals surface area contributed by atoms with Crippen LogP contribution >= 0.6 is 0 Å². The van der Waals surface area contributed by atoms with Crippen LogP contribution in [0.1, 0.15) is 44.1 Å². The van der Waals surface area contributed by atoms with Crippen LogP contribution in [-0.4, -0.2) is 25.5 Å². The molecule has 4 heteroatoms. The van der Waals surface area contributed by atoms with Crippen LogP contribution in [0.2, 0.25) is 0 Å². The molecule has 2 aromatic rings. The van der Waals surface area contributed by atoms with Gasteiger partial charge in [0, 0.05) is 44.1 Å². The summed E-state index contributed by atoms with van der Waals surface area (Å²) in [5.41, 5.74) is 1.15. The van der Waals surface area contributed by atoms with E-state index >= 15 is 0 Å². The van der Waals surface area contributed by atoms with E-state index in [1.165, 1.54) is 6.42 Å². The van der Waals surface area contributed by atoms with Crippen LogP contribution < -0.4 is 10.2 Å². The molecule has 1 aliphatic rings. The molecule has 134 valence electrons. The Morgan fingerprint density at radius 2 is 2.00 bits per heavy atom. The van der Waals surface area contributed by atoms with Crippen molar-refractivity contribution >= 4 is 11.6 Å². The lowest BCUT2D eigenvalue weighted by molar-refractivity contribution is -0.121. The van der Waals surface area contributed by atoms with Crippen LogP contribution in [-0.2, 0) is 11.2 Å². The molecule has 25 heavy (non-hydrogen) atoms. The fraction of sp³-hybridized carbons (Fsp3) is 0.476. The average molecular weight is 340 g/mol. The summed E-state index contributed by atoms with van der Waals surface area (Å²) in [6.45, 7) is 4.99. The number of rotatable bonds is 8. The first-order valence-corrected chi connectivity index (χ1v) is 9.17. The maximum atomic E-state index is 12.1. The van der Waals surface area contributed by atoms with Crippen LogP contribution in [0, 0.1) is 5.92 Å². The number of para-hydroxylation sites is 1. The van der Waals surface area contributed by atoms with Crippen molar-refractivity contribution in [2.45, 2.75) is 45.1 Å². The lowest BCUT2D eigenvalue weighted by Crippen LogP contribution is -2.40. The summed E-state index contributed by atoms with van der Waals surface area (Å²) in [6, 6.07) is 14.5. The van der Waals surface area contributed by atoms with E-state index in [4.69, 9.17) is 4.42 Å². The van der Waals surface area contributed by atoms with E-state index in [1.54, 1.807) is 0 Å². The van der Waals surface area contributed by atoms with Gasteiger partial charge >= 0.3 is 0 Å². The standard InChI is InChI=1S/C21H28N2O2/c1-15-13-19(15)20-11-9-18(25-20)10-12-21(24)22-14-16(2)23(3)17-7-5-4-6-8-17/h4-9,11,15-16,19H,10,12-14H2,1-3H3,(H,22,24)/t15-,16-,19-/m1/s1. The molecule has 0 radical (unpaired) electrons. The second-order valence-corrected chi connectivity index (χ2v) is 7.22. The zero-order valence-electron chi connectivity index (χ0n) is 15.4. The smallest absolute Gasteiger partial charge is 0.220 e. The fourth-order valence-corrected chi connectivity index (χ4v) is 3.09. The van der Waals surface area contributed by atoms with Crippen LogP contribution in [0.3, 0.4) is 0 Å². The molecule has 1 aromatic heterocycles. The topological polar surface area (TPSA) is 45.5 Å². The average Bonchev–Trinajstić information content (AvgIpc) is 3.18. The zero-order valence-corrected chi connectivity index (χ0v) is 15.4. The van der Waals surface area contributed by atoms with Crippen molar-refractivity contribution in [1.82, 2.24) is 5.32 Å². The number of hydrogen-bond acceptors (Lipinski definition) is 3. The van der Waals surface area contributed by atoms with Gasteiger partial charge in [0.15, 0.2) is 0 Å². The Kier molecular flexibility index (Phi) is 5.47. The highest BCUT2D eigenvalue weighted by molar-refractivity contribution is 5.76. The van der Waals surface area contributed by atoms with E-state index in [0.29, 0.717) is 25.3 Å². The predicted octanol–water partition coefficient (Wildman–Crippen LogP) is 3.98. The van der Waals surface area contributed by atoms with Gasteiger partial charge < -0.3 is 14.6 Å². The third-order valence-electron chi connectivity index (χ3n) is 5.18. The Morgan fingerprint density at radius 3 is 2.68 bits per heavy atom. The SMILES string of the molecule is C[C@@H]1C[C@H]1c1ccc(CCC(=O)NC[C@@H](C)N(C)c2ccccc2)o1. The van der Waals surface area contributed by atoms with E-state index in [1.807, 2.05) is 24.3 Å². The highest BCUT2D eigenvalue weighted by Crippen LogP contribution is 2.47. The number of anilines is 1. The van der Waals surface area contributed by atoms with Gasteiger partial charge in [-0.2, -0.15) is 0 Å². The summed E-state index contributed by atoms with van der Waals surface area (Å²) in [6.07, 6.45) is 2.35. The van der Waals surface area contributed by atoms with Crippen molar-refractivity contribution in [3.63, 3.8) is 0 Å². The Hall–Kier alpha value is -2.23.